The fraction of sp³-hybridized carbons (Fsp3) is 0.0769. The van der Waals surface area contributed by atoms with Gasteiger partial charge in [-0.25, -0.2) is 0 Å². The van der Waals surface area contributed by atoms with Crippen molar-refractivity contribution < 1.29 is 0 Å². The van der Waals surface area contributed by atoms with Crippen LogP contribution in [0.1, 0.15) is 11.3 Å². The van der Waals surface area contributed by atoms with Gasteiger partial charge in [-0.05, 0) is 12.1 Å². The Morgan fingerprint density at radius 3 is 3.00 bits per heavy atom. The smallest absolute Gasteiger partial charge is 0.121 e. The lowest BCUT2D eigenvalue weighted by atomic mass is 10.2. The number of fused-ring (bicyclic) bond motifs is 1. The van der Waals surface area contributed by atoms with Gasteiger partial charge in [0.2, 0.25) is 0 Å². The first-order valence-corrected chi connectivity index (χ1v) is 5.34. The molecule has 2 aromatic heterocycles. The van der Waals surface area contributed by atoms with Gasteiger partial charge in [-0.1, -0.05) is 18.2 Å². The molecule has 0 radical (unpaired) electrons. The van der Waals surface area contributed by atoms with Crippen LogP contribution in [0.4, 0.5) is 0 Å². The van der Waals surface area contributed by atoms with Crippen LogP contribution >= 0.6 is 0 Å². The van der Waals surface area contributed by atoms with E-state index in [-0.39, 0.29) is 0 Å². The van der Waals surface area contributed by atoms with Gasteiger partial charge in [0, 0.05) is 22.7 Å². The van der Waals surface area contributed by atoms with E-state index in [1.54, 1.807) is 6.20 Å². The standard InChI is InChI=1S/C13H10N4/c14-6-12-5-11-3-1-2-4-13(11)17(12)9-10-7-15-16-8-10/h1-5,7-8H,9H2,(H,15,16). The SMILES string of the molecule is N#Cc1cc2ccccc2n1Cc1cn[nH]c1. The van der Waals surface area contributed by atoms with Crippen LogP contribution in [0.2, 0.25) is 0 Å². The van der Waals surface area contributed by atoms with Gasteiger partial charge >= 0.3 is 0 Å². The summed E-state index contributed by atoms with van der Waals surface area (Å²) in [6.45, 7) is 0.660. The number of nitriles is 1. The van der Waals surface area contributed by atoms with Gasteiger partial charge in [0.15, 0.2) is 0 Å². The minimum Gasteiger partial charge on any atom is -0.328 e. The molecule has 0 saturated carbocycles. The van der Waals surface area contributed by atoms with Crippen molar-refractivity contribution in [1.29, 1.82) is 5.26 Å². The summed E-state index contributed by atoms with van der Waals surface area (Å²) in [7, 11) is 0. The van der Waals surface area contributed by atoms with Crippen molar-refractivity contribution in [1.82, 2.24) is 14.8 Å². The molecular weight excluding hydrogens is 212 g/mol. The highest BCUT2D eigenvalue weighted by molar-refractivity contribution is 5.82. The molecule has 0 aliphatic rings. The molecule has 0 amide bonds. The normalized spacial score (nSPS) is 10.5. The van der Waals surface area contributed by atoms with Crippen molar-refractivity contribution in [3.8, 4) is 6.07 Å². The summed E-state index contributed by atoms with van der Waals surface area (Å²) in [5.41, 5.74) is 2.81. The van der Waals surface area contributed by atoms with E-state index in [1.807, 2.05) is 41.1 Å². The summed E-state index contributed by atoms with van der Waals surface area (Å²) in [6, 6.07) is 12.1. The minimum absolute atomic E-state index is 0.660. The fourth-order valence-electron chi connectivity index (χ4n) is 2.02. The van der Waals surface area contributed by atoms with E-state index in [0.29, 0.717) is 12.2 Å². The van der Waals surface area contributed by atoms with E-state index in [9.17, 15) is 0 Å². The molecule has 17 heavy (non-hydrogen) atoms. The first-order valence-electron chi connectivity index (χ1n) is 5.34. The fourth-order valence-corrected chi connectivity index (χ4v) is 2.02. The van der Waals surface area contributed by atoms with E-state index >= 15 is 0 Å². The predicted molar refractivity (Wildman–Crippen MR) is 64.3 cm³/mol. The highest BCUT2D eigenvalue weighted by Crippen LogP contribution is 2.20. The lowest BCUT2D eigenvalue weighted by Crippen LogP contribution is -2.00. The third kappa shape index (κ3) is 1.58. The number of nitrogens with one attached hydrogen (secondary N) is 1. The second-order valence-corrected chi connectivity index (χ2v) is 3.89. The third-order valence-corrected chi connectivity index (χ3v) is 2.82. The van der Waals surface area contributed by atoms with Crippen molar-refractivity contribution in [3.63, 3.8) is 0 Å². The summed E-state index contributed by atoms with van der Waals surface area (Å²) in [5.74, 6) is 0. The number of aromatic amines is 1. The Morgan fingerprint density at radius 2 is 2.24 bits per heavy atom. The van der Waals surface area contributed by atoms with Crippen LogP contribution in [-0.2, 0) is 6.54 Å². The van der Waals surface area contributed by atoms with Crippen LogP contribution in [0.5, 0.6) is 0 Å². The van der Waals surface area contributed by atoms with Crippen molar-refractivity contribution in [3.05, 3.63) is 54.0 Å². The molecule has 0 atom stereocenters. The molecule has 0 bridgehead atoms. The Kier molecular flexibility index (Phi) is 2.16. The summed E-state index contributed by atoms with van der Waals surface area (Å²) < 4.78 is 2.00. The van der Waals surface area contributed by atoms with E-state index < -0.39 is 0 Å². The van der Waals surface area contributed by atoms with Gasteiger partial charge in [-0.2, -0.15) is 10.4 Å². The van der Waals surface area contributed by atoms with Crippen LogP contribution in [0.15, 0.2) is 42.7 Å². The van der Waals surface area contributed by atoms with Gasteiger partial charge in [-0.15, -0.1) is 0 Å². The Hall–Kier alpha value is -2.54. The molecule has 0 aliphatic heterocycles. The lowest BCUT2D eigenvalue weighted by Gasteiger charge is -2.04. The molecule has 0 aliphatic carbocycles. The quantitative estimate of drug-likeness (QED) is 0.723. The summed E-state index contributed by atoms with van der Waals surface area (Å²) >= 11 is 0. The monoisotopic (exact) mass is 222 g/mol. The molecular formula is C13H10N4. The summed E-state index contributed by atoms with van der Waals surface area (Å²) in [6.07, 6.45) is 3.62. The molecule has 4 nitrogen and oxygen atoms in total. The topological polar surface area (TPSA) is 57.4 Å². The number of benzene rings is 1. The average molecular weight is 222 g/mol. The first kappa shape index (κ1) is 9.67. The maximum absolute atomic E-state index is 9.15. The molecule has 3 rings (SSSR count). The minimum atomic E-state index is 0.660. The van der Waals surface area contributed by atoms with Gasteiger partial charge in [-0.3, -0.25) is 5.10 Å². The molecule has 4 heteroatoms. The Labute approximate surface area is 98.1 Å². The average Bonchev–Trinajstić information content (AvgIpc) is 2.98. The number of hydrogen-bond acceptors (Lipinski definition) is 2. The van der Waals surface area contributed by atoms with E-state index in [1.165, 1.54) is 0 Å². The largest absolute Gasteiger partial charge is 0.328 e. The van der Waals surface area contributed by atoms with Crippen molar-refractivity contribution in [2.45, 2.75) is 6.54 Å². The Morgan fingerprint density at radius 1 is 1.35 bits per heavy atom. The van der Waals surface area contributed by atoms with E-state index in [4.69, 9.17) is 5.26 Å². The number of H-pyrrole nitrogens is 1. The second kappa shape index (κ2) is 3.80. The number of aromatic nitrogens is 3. The molecule has 82 valence electrons. The highest BCUT2D eigenvalue weighted by atomic mass is 15.1. The second-order valence-electron chi connectivity index (χ2n) is 3.89. The van der Waals surface area contributed by atoms with E-state index in [2.05, 4.69) is 16.3 Å². The Bertz CT molecular complexity index is 686. The van der Waals surface area contributed by atoms with Crippen LogP contribution in [0, 0.1) is 11.3 Å². The molecule has 0 unspecified atom stereocenters. The first-order chi connectivity index (χ1) is 8.38. The van der Waals surface area contributed by atoms with E-state index in [0.717, 1.165) is 16.5 Å². The predicted octanol–water partition coefficient (Wildman–Crippen LogP) is 2.28. The van der Waals surface area contributed by atoms with Crippen molar-refractivity contribution in [2.75, 3.05) is 0 Å². The molecule has 3 aromatic rings. The molecule has 1 aromatic carbocycles. The molecule has 2 heterocycles. The zero-order valence-corrected chi connectivity index (χ0v) is 9.09. The van der Waals surface area contributed by atoms with Gasteiger partial charge in [0.05, 0.1) is 12.7 Å². The summed E-state index contributed by atoms with van der Waals surface area (Å²) in [4.78, 5) is 0. The van der Waals surface area contributed by atoms with Crippen LogP contribution < -0.4 is 0 Å². The molecule has 0 fully saturated rings. The van der Waals surface area contributed by atoms with Gasteiger partial charge in [0.25, 0.3) is 0 Å². The highest BCUT2D eigenvalue weighted by Gasteiger charge is 2.08. The maximum atomic E-state index is 9.15. The van der Waals surface area contributed by atoms with Crippen LogP contribution in [0.25, 0.3) is 10.9 Å². The number of rotatable bonds is 2. The Balaban J connectivity index is 2.17. The van der Waals surface area contributed by atoms with Crippen molar-refractivity contribution in [2.24, 2.45) is 0 Å². The number of para-hydroxylation sites is 1. The van der Waals surface area contributed by atoms with Crippen molar-refractivity contribution >= 4 is 10.9 Å². The van der Waals surface area contributed by atoms with Gasteiger partial charge < -0.3 is 4.57 Å². The maximum Gasteiger partial charge on any atom is 0.121 e. The lowest BCUT2D eigenvalue weighted by molar-refractivity contribution is 0.824. The van der Waals surface area contributed by atoms with Crippen LogP contribution in [-0.4, -0.2) is 14.8 Å². The molecule has 0 saturated heterocycles. The third-order valence-electron chi connectivity index (χ3n) is 2.82. The zero-order chi connectivity index (χ0) is 11.7. The van der Waals surface area contributed by atoms with Crippen LogP contribution in [0.3, 0.4) is 0 Å². The summed E-state index contributed by atoms with van der Waals surface area (Å²) in [5, 5.41) is 16.9. The van der Waals surface area contributed by atoms with Gasteiger partial charge in [0.1, 0.15) is 11.8 Å². The molecule has 0 spiro atoms. The number of nitrogens with zero attached hydrogens (tertiary/aromatic N) is 3. The molecule has 1 N–H and O–H groups in total. The zero-order valence-electron chi connectivity index (χ0n) is 9.09. The number of hydrogen-bond donors (Lipinski definition) is 1.